The summed E-state index contributed by atoms with van der Waals surface area (Å²) in [6, 6.07) is 6.11. The number of aromatic nitrogens is 2. The largest absolute Gasteiger partial charge is 0.496 e. The smallest absolute Gasteiger partial charge is 0.356 e. The highest BCUT2D eigenvalue weighted by atomic mass is 79.9. The lowest BCUT2D eigenvalue weighted by Crippen LogP contribution is -2.09. The molecule has 0 radical (unpaired) electrons. The summed E-state index contributed by atoms with van der Waals surface area (Å²) in [5, 5.41) is 3.94. The fourth-order valence-electron chi connectivity index (χ4n) is 1.73. The van der Waals surface area contributed by atoms with Gasteiger partial charge in [0.05, 0.1) is 24.3 Å². The van der Waals surface area contributed by atoms with E-state index in [1.807, 2.05) is 0 Å². The number of hydrogen-bond acceptors (Lipinski definition) is 6. The maximum Gasteiger partial charge on any atom is 0.356 e. The highest BCUT2D eigenvalue weighted by Gasteiger charge is 2.17. The third-order valence-electron chi connectivity index (χ3n) is 2.84. The molecule has 1 aromatic carbocycles. The number of carbonyl (C=O) groups is 2. The minimum absolute atomic E-state index is 0.0137. The van der Waals surface area contributed by atoms with Crippen molar-refractivity contribution >= 4 is 27.9 Å². The molecule has 1 aromatic heterocycles. The van der Waals surface area contributed by atoms with E-state index in [0.29, 0.717) is 15.8 Å². The van der Waals surface area contributed by atoms with Crippen LogP contribution in [0.3, 0.4) is 0 Å². The monoisotopic (exact) mass is 368 g/mol. The van der Waals surface area contributed by atoms with Crippen molar-refractivity contribution in [2.75, 3.05) is 14.2 Å². The van der Waals surface area contributed by atoms with Gasteiger partial charge >= 0.3 is 11.9 Å². The zero-order valence-corrected chi connectivity index (χ0v) is 13.7. The number of methoxy groups -OCH3 is 2. The molecule has 0 spiro atoms. The van der Waals surface area contributed by atoms with E-state index >= 15 is 0 Å². The summed E-state index contributed by atoms with van der Waals surface area (Å²) in [5.74, 6) is -0.551. The minimum Gasteiger partial charge on any atom is -0.496 e. The minimum atomic E-state index is -0.599. The Morgan fingerprint density at radius 3 is 2.50 bits per heavy atom. The Labute approximate surface area is 134 Å². The van der Waals surface area contributed by atoms with Gasteiger partial charge in [-0.2, -0.15) is 0 Å². The lowest BCUT2D eigenvalue weighted by atomic mass is 10.2. The summed E-state index contributed by atoms with van der Waals surface area (Å²) in [6.45, 7) is 0. The first kappa shape index (κ1) is 16.0. The SMILES string of the molecule is COC(=O)c1cc(OC(=O)c2ccc(OC)c(Br)c2)nn1C. The number of ether oxygens (including phenoxy) is 3. The molecular formula is C14H13BrN2O5. The standard InChI is InChI=1S/C14H13BrN2O5/c1-17-10(14(19)21-3)7-12(16-17)22-13(18)8-4-5-11(20-2)9(15)6-8/h4-7H,1-3H3. The molecule has 1 heterocycles. The fraction of sp³-hybridized carbons (Fsp3) is 0.214. The molecular weight excluding hydrogens is 356 g/mol. The van der Waals surface area contributed by atoms with E-state index in [0.717, 1.165) is 0 Å². The zero-order chi connectivity index (χ0) is 16.3. The molecule has 0 aliphatic heterocycles. The molecule has 0 unspecified atom stereocenters. The second-order valence-corrected chi connectivity index (χ2v) is 5.08. The van der Waals surface area contributed by atoms with Gasteiger partial charge in [-0.1, -0.05) is 0 Å². The van der Waals surface area contributed by atoms with Gasteiger partial charge in [0.1, 0.15) is 11.4 Å². The van der Waals surface area contributed by atoms with Crippen LogP contribution >= 0.6 is 15.9 Å². The van der Waals surface area contributed by atoms with Crippen molar-refractivity contribution in [2.45, 2.75) is 0 Å². The van der Waals surface area contributed by atoms with Crippen LogP contribution in [0.1, 0.15) is 20.8 Å². The van der Waals surface area contributed by atoms with Crippen LogP contribution in [0.25, 0.3) is 0 Å². The Bertz CT molecular complexity index is 726. The van der Waals surface area contributed by atoms with Gasteiger partial charge in [0.15, 0.2) is 0 Å². The van der Waals surface area contributed by atoms with Gasteiger partial charge < -0.3 is 14.2 Å². The van der Waals surface area contributed by atoms with Crippen LogP contribution in [0.5, 0.6) is 11.6 Å². The van der Waals surface area contributed by atoms with E-state index in [1.54, 1.807) is 25.2 Å². The van der Waals surface area contributed by atoms with Crippen molar-refractivity contribution in [1.82, 2.24) is 9.78 Å². The van der Waals surface area contributed by atoms with E-state index in [4.69, 9.17) is 9.47 Å². The second-order valence-electron chi connectivity index (χ2n) is 4.22. The number of carbonyl (C=O) groups excluding carboxylic acids is 2. The summed E-state index contributed by atoms with van der Waals surface area (Å²) in [5.41, 5.74) is 0.499. The topological polar surface area (TPSA) is 79.7 Å². The average Bonchev–Trinajstić information content (AvgIpc) is 2.86. The molecule has 0 aliphatic rings. The van der Waals surface area contributed by atoms with E-state index in [-0.39, 0.29) is 11.6 Å². The van der Waals surface area contributed by atoms with Gasteiger partial charge in [0.25, 0.3) is 0 Å². The summed E-state index contributed by atoms with van der Waals surface area (Å²) < 4.78 is 16.7. The number of aryl methyl sites for hydroxylation is 1. The number of nitrogens with zero attached hydrogens (tertiary/aromatic N) is 2. The molecule has 2 aromatic rings. The summed E-state index contributed by atoms with van der Waals surface area (Å²) in [6.07, 6.45) is 0. The van der Waals surface area contributed by atoms with Gasteiger partial charge in [0.2, 0.25) is 5.88 Å². The van der Waals surface area contributed by atoms with Crippen LogP contribution in [0.4, 0.5) is 0 Å². The van der Waals surface area contributed by atoms with Crippen LogP contribution in [-0.4, -0.2) is 35.9 Å². The predicted octanol–water partition coefficient (Wildman–Crippen LogP) is 2.20. The van der Waals surface area contributed by atoms with Crippen LogP contribution < -0.4 is 9.47 Å². The van der Waals surface area contributed by atoms with Gasteiger partial charge in [-0.25, -0.2) is 9.59 Å². The van der Waals surface area contributed by atoms with E-state index < -0.39 is 11.9 Å². The van der Waals surface area contributed by atoms with Crippen molar-refractivity contribution in [1.29, 1.82) is 0 Å². The average molecular weight is 369 g/mol. The lowest BCUT2D eigenvalue weighted by Gasteiger charge is -2.05. The Morgan fingerprint density at radius 1 is 1.18 bits per heavy atom. The van der Waals surface area contributed by atoms with Crippen molar-refractivity contribution in [3.8, 4) is 11.6 Å². The van der Waals surface area contributed by atoms with Gasteiger partial charge in [0, 0.05) is 13.1 Å². The fourth-order valence-corrected chi connectivity index (χ4v) is 2.27. The molecule has 0 aliphatic carbocycles. The Balaban J connectivity index is 2.19. The van der Waals surface area contributed by atoms with Gasteiger partial charge in [-0.3, -0.25) is 4.68 Å². The predicted molar refractivity (Wildman–Crippen MR) is 80.2 cm³/mol. The van der Waals surface area contributed by atoms with Crippen LogP contribution in [0.15, 0.2) is 28.7 Å². The molecule has 116 valence electrons. The van der Waals surface area contributed by atoms with Crippen LogP contribution in [-0.2, 0) is 11.8 Å². The molecule has 0 fully saturated rings. The summed E-state index contributed by atoms with van der Waals surface area (Å²) in [7, 11) is 4.34. The third-order valence-corrected chi connectivity index (χ3v) is 3.46. The zero-order valence-electron chi connectivity index (χ0n) is 12.1. The second kappa shape index (κ2) is 6.61. The molecule has 7 nitrogen and oxygen atoms in total. The third kappa shape index (κ3) is 3.28. The molecule has 0 saturated carbocycles. The van der Waals surface area contributed by atoms with Crippen molar-refractivity contribution in [3.05, 3.63) is 40.0 Å². The summed E-state index contributed by atoms with van der Waals surface area (Å²) >= 11 is 3.29. The van der Waals surface area contributed by atoms with E-state index in [2.05, 4.69) is 25.8 Å². The Hall–Kier alpha value is -2.35. The Morgan fingerprint density at radius 2 is 1.91 bits per heavy atom. The molecule has 0 saturated heterocycles. The van der Waals surface area contributed by atoms with Crippen molar-refractivity contribution in [3.63, 3.8) is 0 Å². The highest BCUT2D eigenvalue weighted by Crippen LogP contribution is 2.26. The van der Waals surface area contributed by atoms with E-state index in [9.17, 15) is 9.59 Å². The maximum absolute atomic E-state index is 12.1. The number of benzene rings is 1. The molecule has 8 heteroatoms. The number of rotatable bonds is 4. The van der Waals surface area contributed by atoms with Crippen LogP contribution in [0, 0.1) is 0 Å². The van der Waals surface area contributed by atoms with Gasteiger partial charge in [-0.05, 0) is 34.1 Å². The highest BCUT2D eigenvalue weighted by molar-refractivity contribution is 9.10. The first-order valence-electron chi connectivity index (χ1n) is 6.14. The summed E-state index contributed by atoms with van der Waals surface area (Å²) in [4.78, 5) is 23.6. The quantitative estimate of drug-likeness (QED) is 0.769. The van der Waals surface area contributed by atoms with Crippen molar-refractivity contribution in [2.24, 2.45) is 7.05 Å². The van der Waals surface area contributed by atoms with Gasteiger partial charge in [-0.15, -0.1) is 5.10 Å². The molecule has 0 bridgehead atoms. The molecule has 22 heavy (non-hydrogen) atoms. The van der Waals surface area contributed by atoms with Crippen molar-refractivity contribution < 1.29 is 23.8 Å². The number of hydrogen-bond donors (Lipinski definition) is 0. The van der Waals surface area contributed by atoms with Crippen LogP contribution in [0.2, 0.25) is 0 Å². The molecule has 0 N–H and O–H groups in total. The maximum atomic E-state index is 12.1. The first-order chi connectivity index (χ1) is 10.5. The number of esters is 2. The molecule has 2 rings (SSSR count). The van der Waals surface area contributed by atoms with E-state index in [1.165, 1.54) is 25.0 Å². The lowest BCUT2D eigenvalue weighted by molar-refractivity contribution is 0.0587. The molecule has 0 atom stereocenters. The Kier molecular flexibility index (Phi) is 4.81. The first-order valence-corrected chi connectivity index (χ1v) is 6.93. The normalized spacial score (nSPS) is 10.2. The molecule has 0 amide bonds. The number of halogens is 1.